The molecule has 3 aromatic rings. The second-order valence-corrected chi connectivity index (χ2v) is 8.80. The lowest BCUT2D eigenvalue weighted by molar-refractivity contribution is -0.155. The maximum atomic E-state index is 13.1. The largest absolute Gasteiger partial charge is 0.497 e. The Morgan fingerprint density at radius 3 is 1.37 bits per heavy atom. The standard InChI is InChI=1S/C30H30O11/c1-34-21-11-5-18(6-12-21)27(31)38-17-24-25(40-28(32)19-7-13-22(35-2)14-8-19)26(30(37-4)39-24)41-29(33)20-9-15-23(36-3)16-10-20/h5-16,24-26,30H,17H2,1-4H3/t24-,25-,26+,30+/m1/s1. The van der Waals surface area contributed by atoms with Crippen LogP contribution in [0.3, 0.4) is 0 Å². The van der Waals surface area contributed by atoms with Crippen LogP contribution in [0.15, 0.2) is 72.8 Å². The van der Waals surface area contributed by atoms with Crippen molar-refractivity contribution in [1.29, 1.82) is 0 Å². The SMILES string of the molecule is COc1ccc(C(=O)OC[C@H]2O[C@H](OC)[C@@H](OC(=O)c3ccc(OC)cc3)[C@@H]2OC(=O)c2ccc(OC)cc2)cc1. The van der Waals surface area contributed by atoms with Crippen LogP contribution in [0.2, 0.25) is 0 Å². The van der Waals surface area contributed by atoms with Gasteiger partial charge in [0, 0.05) is 7.11 Å². The van der Waals surface area contributed by atoms with Gasteiger partial charge in [-0.2, -0.15) is 0 Å². The molecule has 0 saturated carbocycles. The van der Waals surface area contributed by atoms with Crippen LogP contribution in [0, 0.1) is 0 Å². The van der Waals surface area contributed by atoms with E-state index in [1.807, 2.05) is 0 Å². The summed E-state index contributed by atoms with van der Waals surface area (Å²) in [6.07, 6.45) is -4.49. The van der Waals surface area contributed by atoms with Gasteiger partial charge in [-0.1, -0.05) is 0 Å². The lowest BCUT2D eigenvalue weighted by Crippen LogP contribution is -2.42. The molecule has 4 atom stereocenters. The number of methoxy groups -OCH3 is 4. The van der Waals surface area contributed by atoms with Gasteiger partial charge in [0.2, 0.25) is 0 Å². The van der Waals surface area contributed by atoms with Crippen LogP contribution >= 0.6 is 0 Å². The van der Waals surface area contributed by atoms with Crippen LogP contribution in [-0.4, -0.2) is 77.6 Å². The lowest BCUT2D eigenvalue weighted by Gasteiger charge is -2.24. The summed E-state index contributed by atoms with van der Waals surface area (Å²) in [5.41, 5.74) is 0.734. The predicted molar refractivity (Wildman–Crippen MR) is 143 cm³/mol. The molecule has 0 N–H and O–H groups in total. The van der Waals surface area contributed by atoms with Gasteiger partial charge >= 0.3 is 17.9 Å². The number of esters is 3. The quantitative estimate of drug-likeness (QED) is 0.249. The number of carbonyl (C=O) groups is 3. The zero-order valence-corrected chi connectivity index (χ0v) is 22.9. The molecule has 1 saturated heterocycles. The number of hydrogen-bond acceptors (Lipinski definition) is 11. The van der Waals surface area contributed by atoms with Crippen LogP contribution < -0.4 is 14.2 Å². The van der Waals surface area contributed by atoms with Gasteiger partial charge in [-0.3, -0.25) is 0 Å². The van der Waals surface area contributed by atoms with Crippen LogP contribution in [0.25, 0.3) is 0 Å². The Hall–Kier alpha value is -4.61. The molecule has 11 nitrogen and oxygen atoms in total. The molecule has 0 aliphatic carbocycles. The van der Waals surface area contributed by atoms with Crippen LogP contribution in [-0.2, 0) is 23.7 Å². The molecule has 1 aliphatic heterocycles. The molecule has 0 amide bonds. The maximum absolute atomic E-state index is 13.1. The molecule has 0 unspecified atom stereocenters. The van der Waals surface area contributed by atoms with E-state index in [-0.39, 0.29) is 23.3 Å². The molecule has 0 bridgehead atoms. The van der Waals surface area contributed by atoms with Crippen LogP contribution in [0.1, 0.15) is 31.1 Å². The minimum atomic E-state index is -1.18. The summed E-state index contributed by atoms with van der Waals surface area (Å²) < 4.78 is 43.7. The monoisotopic (exact) mass is 566 g/mol. The first kappa shape index (κ1) is 29.4. The molecular formula is C30H30O11. The van der Waals surface area contributed by atoms with Gasteiger partial charge in [0.05, 0.1) is 38.0 Å². The predicted octanol–water partition coefficient (Wildman–Crippen LogP) is 3.69. The molecule has 1 heterocycles. The van der Waals surface area contributed by atoms with Gasteiger partial charge in [-0.05, 0) is 72.8 Å². The average Bonchev–Trinajstić information content (AvgIpc) is 3.35. The Morgan fingerprint density at radius 2 is 0.976 bits per heavy atom. The summed E-state index contributed by atoms with van der Waals surface area (Å²) in [6, 6.07) is 18.9. The van der Waals surface area contributed by atoms with E-state index in [9.17, 15) is 14.4 Å². The highest BCUT2D eigenvalue weighted by atomic mass is 16.7. The van der Waals surface area contributed by atoms with Crippen molar-refractivity contribution in [3.63, 3.8) is 0 Å². The van der Waals surface area contributed by atoms with Gasteiger partial charge in [0.1, 0.15) is 30.0 Å². The number of rotatable bonds is 11. The van der Waals surface area contributed by atoms with Gasteiger partial charge in [-0.15, -0.1) is 0 Å². The van der Waals surface area contributed by atoms with Crippen molar-refractivity contribution in [2.75, 3.05) is 35.0 Å². The van der Waals surface area contributed by atoms with E-state index in [0.717, 1.165) is 0 Å². The van der Waals surface area contributed by atoms with E-state index in [1.54, 1.807) is 48.5 Å². The zero-order valence-electron chi connectivity index (χ0n) is 22.9. The van der Waals surface area contributed by atoms with Gasteiger partial charge in [0.15, 0.2) is 18.5 Å². The molecule has 0 aromatic heterocycles. The number of ether oxygens (including phenoxy) is 8. The molecule has 11 heteroatoms. The highest BCUT2D eigenvalue weighted by molar-refractivity contribution is 5.91. The topological polar surface area (TPSA) is 125 Å². The minimum Gasteiger partial charge on any atom is -0.497 e. The van der Waals surface area contributed by atoms with E-state index < -0.39 is 42.5 Å². The van der Waals surface area contributed by atoms with Gasteiger partial charge < -0.3 is 37.9 Å². The number of hydrogen-bond donors (Lipinski definition) is 0. The van der Waals surface area contributed by atoms with Crippen molar-refractivity contribution in [3.8, 4) is 17.2 Å². The summed E-state index contributed by atoms with van der Waals surface area (Å²) in [6.45, 7) is -0.318. The Morgan fingerprint density at radius 1 is 0.585 bits per heavy atom. The third-order valence-corrected chi connectivity index (χ3v) is 6.34. The third-order valence-electron chi connectivity index (χ3n) is 6.34. The molecule has 3 aromatic carbocycles. The highest BCUT2D eigenvalue weighted by Gasteiger charge is 2.50. The van der Waals surface area contributed by atoms with E-state index in [0.29, 0.717) is 17.2 Å². The van der Waals surface area contributed by atoms with Crippen molar-refractivity contribution in [3.05, 3.63) is 89.5 Å². The molecule has 216 valence electrons. The summed E-state index contributed by atoms with van der Waals surface area (Å²) in [5.74, 6) is -0.357. The average molecular weight is 567 g/mol. The minimum absolute atomic E-state index is 0.223. The van der Waals surface area contributed by atoms with Crippen molar-refractivity contribution in [2.45, 2.75) is 24.6 Å². The Bertz CT molecular complexity index is 1320. The number of benzene rings is 3. The smallest absolute Gasteiger partial charge is 0.338 e. The number of carbonyl (C=O) groups excluding carboxylic acids is 3. The van der Waals surface area contributed by atoms with Gasteiger partial charge in [0.25, 0.3) is 0 Å². The van der Waals surface area contributed by atoms with Crippen molar-refractivity contribution < 1.29 is 52.3 Å². The summed E-state index contributed by atoms with van der Waals surface area (Å²) in [7, 11) is 5.89. The second-order valence-electron chi connectivity index (χ2n) is 8.80. The third kappa shape index (κ3) is 7.13. The molecule has 0 radical (unpaired) electrons. The first-order chi connectivity index (χ1) is 19.9. The van der Waals surface area contributed by atoms with E-state index in [2.05, 4.69) is 0 Å². The summed E-state index contributed by atoms with van der Waals surface area (Å²) in [5, 5.41) is 0. The van der Waals surface area contributed by atoms with Crippen molar-refractivity contribution in [1.82, 2.24) is 0 Å². The highest BCUT2D eigenvalue weighted by Crippen LogP contribution is 2.30. The normalized spacial score (nSPS) is 19.6. The van der Waals surface area contributed by atoms with Crippen LogP contribution in [0.4, 0.5) is 0 Å². The van der Waals surface area contributed by atoms with E-state index >= 15 is 0 Å². The molecule has 1 aliphatic rings. The first-order valence-electron chi connectivity index (χ1n) is 12.6. The Kier molecular flexibility index (Phi) is 9.77. The lowest BCUT2D eigenvalue weighted by atomic mass is 10.1. The Balaban J connectivity index is 1.54. The van der Waals surface area contributed by atoms with E-state index in [1.165, 1.54) is 52.7 Å². The van der Waals surface area contributed by atoms with Crippen molar-refractivity contribution >= 4 is 17.9 Å². The Labute approximate surface area is 236 Å². The molecule has 41 heavy (non-hydrogen) atoms. The van der Waals surface area contributed by atoms with E-state index in [4.69, 9.17) is 37.9 Å². The molecule has 0 spiro atoms. The molecular weight excluding hydrogens is 536 g/mol. The van der Waals surface area contributed by atoms with Crippen LogP contribution in [0.5, 0.6) is 17.2 Å². The molecule has 1 fully saturated rings. The summed E-state index contributed by atoms with van der Waals surface area (Å²) in [4.78, 5) is 38.8. The fourth-order valence-electron chi connectivity index (χ4n) is 4.09. The second kappa shape index (κ2) is 13.6. The fraction of sp³-hybridized carbons (Fsp3) is 0.300. The van der Waals surface area contributed by atoms with Gasteiger partial charge in [-0.25, -0.2) is 14.4 Å². The molecule has 4 rings (SSSR count). The fourth-order valence-corrected chi connectivity index (χ4v) is 4.09. The summed E-state index contributed by atoms with van der Waals surface area (Å²) >= 11 is 0. The first-order valence-corrected chi connectivity index (χ1v) is 12.6. The maximum Gasteiger partial charge on any atom is 0.338 e. The van der Waals surface area contributed by atoms with Crippen molar-refractivity contribution in [2.24, 2.45) is 0 Å². The zero-order chi connectivity index (χ0) is 29.4.